The van der Waals surface area contributed by atoms with Gasteiger partial charge in [0.25, 0.3) is 5.91 Å². The van der Waals surface area contributed by atoms with E-state index in [4.69, 9.17) is 42.6 Å². The van der Waals surface area contributed by atoms with Crippen molar-refractivity contribution < 1.29 is 52.2 Å². The van der Waals surface area contributed by atoms with Crippen LogP contribution in [-0.4, -0.2) is 86.9 Å². The van der Waals surface area contributed by atoms with Gasteiger partial charge in [0.05, 0.1) is 6.61 Å². The van der Waals surface area contributed by atoms with Crippen LogP contribution in [0.2, 0.25) is 0 Å². The number of unbranched alkanes of at least 4 members (excludes halogenated alkanes) is 2. The molecule has 2 rings (SSSR count). The van der Waals surface area contributed by atoms with Gasteiger partial charge in [0.1, 0.15) is 31.2 Å². The van der Waals surface area contributed by atoms with Crippen LogP contribution in [-0.2, 0) is 44.4 Å². The van der Waals surface area contributed by atoms with Crippen LogP contribution in [0.15, 0.2) is 42.5 Å². The Morgan fingerprint density at radius 1 is 0.810 bits per heavy atom. The standard InChI is InChI=1S/C30H43NO11/c1-34-20-38-19-30(41-22-36-3,42-23-37-4)31-29(33)8-6-5-7-15-39-27-12-9-24(10-13-27)16-26-17-25(18-32)11-14-28(26)40-21-35-2/h9-14,17-18H,5-8,15-16,19-23H2,1-4H3,(H,31,33). The van der Waals surface area contributed by atoms with Crippen molar-refractivity contribution in [3.8, 4) is 11.5 Å². The predicted molar refractivity (Wildman–Crippen MR) is 152 cm³/mol. The monoisotopic (exact) mass is 593 g/mol. The van der Waals surface area contributed by atoms with Crippen molar-refractivity contribution in [2.24, 2.45) is 0 Å². The molecule has 234 valence electrons. The van der Waals surface area contributed by atoms with Gasteiger partial charge in [0.2, 0.25) is 5.91 Å². The quantitative estimate of drug-likeness (QED) is 0.109. The average Bonchev–Trinajstić information content (AvgIpc) is 3.00. The van der Waals surface area contributed by atoms with Crippen molar-refractivity contribution in [2.45, 2.75) is 38.0 Å². The van der Waals surface area contributed by atoms with Crippen molar-refractivity contribution in [3.63, 3.8) is 0 Å². The SMILES string of the molecule is COCOCC(NC(=O)CCCCCOc1ccc(Cc2cc(C=O)ccc2OCOC)cc1)(OCOC)OCOC. The first-order valence-electron chi connectivity index (χ1n) is 13.5. The summed E-state index contributed by atoms with van der Waals surface area (Å²) in [6.45, 7) is 0.250. The fraction of sp³-hybridized carbons (Fsp3) is 0.533. The molecule has 0 aliphatic rings. The van der Waals surface area contributed by atoms with Crippen molar-refractivity contribution in [3.05, 3.63) is 59.2 Å². The molecule has 12 heteroatoms. The highest BCUT2D eigenvalue weighted by molar-refractivity contribution is 5.76. The second-order valence-corrected chi connectivity index (χ2v) is 9.17. The normalized spacial score (nSPS) is 11.3. The number of aldehydes is 1. The maximum absolute atomic E-state index is 12.6. The third kappa shape index (κ3) is 13.3. The molecule has 42 heavy (non-hydrogen) atoms. The van der Waals surface area contributed by atoms with E-state index in [1.54, 1.807) is 19.2 Å². The molecule has 12 nitrogen and oxygen atoms in total. The molecule has 2 aromatic rings. The largest absolute Gasteiger partial charge is 0.494 e. The summed E-state index contributed by atoms with van der Waals surface area (Å²) in [7, 11) is 5.96. The number of hydrogen-bond acceptors (Lipinski definition) is 11. The van der Waals surface area contributed by atoms with Crippen LogP contribution in [0.3, 0.4) is 0 Å². The smallest absolute Gasteiger partial charge is 0.280 e. The third-order valence-corrected chi connectivity index (χ3v) is 5.83. The van der Waals surface area contributed by atoms with Gasteiger partial charge in [-0.25, -0.2) is 0 Å². The summed E-state index contributed by atoms with van der Waals surface area (Å²) in [5.74, 6) is -0.423. The van der Waals surface area contributed by atoms with Gasteiger partial charge < -0.3 is 47.9 Å². The topological polar surface area (TPSA) is 129 Å². The second kappa shape index (κ2) is 20.7. The number of rotatable bonds is 24. The maximum Gasteiger partial charge on any atom is 0.280 e. The molecule has 0 aliphatic heterocycles. The Balaban J connectivity index is 1.78. The van der Waals surface area contributed by atoms with Crippen molar-refractivity contribution in [2.75, 3.05) is 68.8 Å². The summed E-state index contributed by atoms with van der Waals surface area (Å²) in [5, 5.41) is 2.73. The lowest BCUT2D eigenvalue weighted by atomic mass is 10.0. The van der Waals surface area contributed by atoms with Gasteiger partial charge in [0.15, 0.2) is 20.4 Å². The molecule has 0 spiro atoms. The molecular formula is C30H43NO11. The second-order valence-electron chi connectivity index (χ2n) is 9.17. The van der Waals surface area contributed by atoms with Crippen molar-refractivity contribution >= 4 is 12.2 Å². The number of nitrogens with one attached hydrogen (secondary N) is 1. The molecule has 0 aliphatic carbocycles. The number of amides is 1. The first-order valence-corrected chi connectivity index (χ1v) is 13.5. The number of methoxy groups -OCH3 is 4. The molecule has 0 unspecified atom stereocenters. The number of hydrogen-bond donors (Lipinski definition) is 1. The van der Waals surface area contributed by atoms with Crippen LogP contribution in [0.25, 0.3) is 0 Å². The summed E-state index contributed by atoms with van der Waals surface area (Å²) in [6, 6.07) is 13.1. The fourth-order valence-electron chi connectivity index (χ4n) is 3.83. The average molecular weight is 594 g/mol. The van der Waals surface area contributed by atoms with Crippen LogP contribution in [0, 0.1) is 0 Å². The number of ether oxygens (including phenoxy) is 9. The van der Waals surface area contributed by atoms with Gasteiger partial charge in [-0.2, -0.15) is 0 Å². The van der Waals surface area contributed by atoms with E-state index >= 15 is 0 Å². The van der Waals surface area contributed by atoms with E-state index in [0.717, 1.165) is 36.0 Å². The zero-order valence-corrected chi connectivity index (χ0v) is 24.9. The van der Waals surface area contributed by atoms with Gasteiger partial charge in [-0.15, -0.1) is 0 Å². The van der Waals surface area contributed by atoms with Crippen molar-refractivity contribution in [1.82, 2.24) is 5.32 Å². The summed E-state index contributed by atoms with van der Waals surface area (Å²) in [5.41, 5.74) is 2.53. The highest BCUT2D eigenvalue weighted by atomic mass is 16.8. The molecule has 1 amide bonds. The maximum atomic E-state index is 12.6. The molecule has 0 fully saturated rings. The number of benzene rings is 2. The molecule has 0 radical (unpaired) electrons. The van der Waals surface area contributed by atoms with Crippen LogP contribution in [0.5, 0.6) is 11.5 Å². The molecule has 2 aromatic carbocycles. The molecule has 0 aromatic heterocycles. The summed E-state index contributed by atoms with van der Waals surface area (Å²) in [4.78, 5) is 23.9. The number of carbonyl (C=O) groups is 2. The Morgan fingerprint density at radius 3 is 2.14 bits per heavy atom. The number of carbonyl (C=O) groups excluding carboxylic acids is 2. The van der Waals surface area contributed by atoms with Crippen LogP contribution in [0.1, 0.15) is 47.2 Å². The van der Waals surface area contributed by atoms with Gasteiger partial charge in [-0.1, -0.05) is 12.1 Å². The van der Waals surface area contributed by atoms with E-state index < -0.39 is 5.91 Å². The Labute approximate surface area is 247 Å². The third-order valence-electron chi connectivity index (χ3n) is 5.83. The van der Waals surface area contributed by atoms with E-state index in [0.29, 0.717) is 30.8 Å². The van der Waals surface area contributed by atoms with E-state index in [9.17, 15) is 9.59 Å². The summed E-state index contributed by atoms with van der Waals surface area (Å²) < 4.78 is 47.9. The molecule has 0 saturated heterocycles. The minimum atomic E-state index is -1.58. The summed E-state index contributed by atoms with van der Waals surface area (Å²) in [6.07, 6.45) is 3.87. The first-order chi connectivity index (χ1) is 20.5. The highest BCUT2D eigenvalue weighted by Crippen LogP contribution is 2.24. The minimum absolute atomic E-state index is 0.00687. The predicted octanol–water partition coefficient (Wildman–Crippen LogP) is 3.64. The van der Waals surface area contributed by atoms with Crippen LogP contribution < -0.4 is 14.8 Å². The molecule has 1 N–H and O–H groups in total. The zero-order chi connectivity index (χ0) is 30.5. The molecular weight excluding hydrogens is 550 g/mol. The lowest BCUT2D eigenvalue weighted by Crippen LogP contribution is -2.56. The first kappa shape index (κ1) is 35.1. The van der Waals surface area contributed by atoms with Gasteiger partial charge >= 0.3 is 0 Å². The Morgan fingerprint density at radius 2 is 1.50 bits per heavy atom. The molecule has 0 heterocycles. The lowest BCUT2D eigenvalue weighted by Gasteiger charge is -2.33. The molecule has 0 atom stereocenters. The van der Waals surface area contributed by atoms with E-state index in [1.165, 1.54) is 21.3 Å². The Bertz CT molecular complexity index is 1020. The van der Waals surface area contributed by atoms with Gasteiger partial charge in [-0.05, 0) is 60.7 Å². The van der Waals surface area contributed by atoms with Crippen LogP contribution in [0.4, 0.5) is 0 Å². The van der Waals surface area contributed by atoms with Gasteiger partial charge in [0, 0.05) is 46.8 Å². The molecule has 0 bridgehead atoms. The van der Waals surface area contributed by atoms with E-state index in [2.05, 4.69) is 5.32 Å². The van der Waals surface area contributed by atoms with Crippen molar-refractivity contribution in [1.29, 1.82) is 0 Å². The van der Waals surface area contributed by atoms with Crippen LogP contribution >= 0.6 is 0 Å². The van der Waals surface area contributed by atoms with E-state index in [1.807, 2.05) is 30.3 Å². The zero-order valence-electron chi connectivity index (χ0n) is 24.9. The van der Waals surface area contributed by atoms with E-state index in [-0.39, 0.29) is 46.1 Å². The molecule has 0 saturated carbocycles. The highest BCUT2D eigenvalue weighted by Gasteiger charge is 2.35. The Kier molecular flexibility index (Phi) is 17.3. The lowest BCUT2D eigenvalue weighted by molar-refractivity contribution is -0.325. The fourth-order valence-corrected chi connectivity index (χ4v) is 3.83. The Hall–Kier alpha value is -3.10. The minimum Gasteiger partial charge on any atom is -0.494 e. The van der Waals surface area contributed by atoms with Gasteiger partial charge in [-0.3, -0.25) is 9.59 Å². The summed E-state index contributed by atoms with van der Waals surface area (Å²) >= 11 is 0.